The Morgan fingerprint density at radius 3 is 2.67 bits per heavy atom. The van der Waals surface area contributed by atoms with Crippen LogP contribution >= 0.6 is 0 Å². The van der Waals surface area contributed by atoms with Crippen molar-refractivity contribution in [3.63, 3.8) is 0 Å². The Kier molecular flexibility index (Phi) is 3.95. The summed E-state index contributed by atoms with van der Waals surface area (Å²) in [6.07, 6.45) is 2.50. The van der Waals surface area contributed by atoms with Crippen LogP contribution in [0.1, 0.15) is 37.6 Å². The van der Waals surface area contributed by atoms with Crippen molar-refractivity contribution in [1.82, 2.24) is 4.57 Å². The number of rotatable bonds is 4. The quantitative estimate of drug-likeness (QED) is 0.714. The number of aryl methyl sites for hydroxylation is 2. The van der Waals surface area contributed by atoms with Crippen LogP contribution in [0.4, 0.5) is 0 Å². The van der Waals surface area contributed by atoms with Gasteiger partial charge in [0.1, 0.15) is 0 Å². The first-order chi connectivity index (χ1) is 7.04. The summed E-state index contributed by atoms with van der Waals surface area (Å²) in [4.78, 5) is 11.3. The largest absolute Gasteiger partial charge is 0.466 e. The minimum absolute atomic E-state index is 0.129. The van der Waals surface area contributed by atoms with Crippen LogP contribution in [0, 0.1) is 13.8 Å². The maximum absolute atomic E-state index is 11.3. The van der Waals surface area contributed by atoms with Crippen LogP contribution in [0.25, 0.3) is 0 Å². The second kappa shape index (κ2) is 5.01. The fourth-order valence-corrected chi connectivity index (χ4v) is 1.80. The number of carbonyl (C=O) groups is 1. The van der Waals surface area contributed by atoms with E-state index in [0.717, 1.165) is 0 Å². The van der Waals surface area contributed by atoms with E-state index in [1.54, 1.807) is 0 Å². The summed E-state index contributed by atoms with van der Waals surface area (Å²) >= 11 is 0. The van der Waals surface area contributed by atoms with Crippen molar-refractivity contribution in [2.75, 3.05) is 6.61 Å². The third-order valence-corrected chi connectivity index (χ3v) is 2.43. The van der Waals surface area contributed by atoms with Crippen LogP contribution in [0.5, 0.6) is 0 Å². The lowest BCUT2D eigenvalue weighted by atomic mass is 10.2. The van der Waals surface area contributed by atoms with Gasteiger partial charge < -0.3 is 9.30 Å². The van der Waals surface area contributed by atoms with Gasteiger partial charge in [0.05, 0.1) is 13.0 Å². The highest BCUT2D eigenvalue weighted by atomic mass is 16.5. The Hall–Kier alpha value is -1.25. The van der Waals surface area contributed by atoms with Crippen LogP contribution in [-0.4, -0.2) is 17.1 Å². The number of carbonyl (C=O) groups excluding carboxylic acids is 1. The summed E-state index contributed by atoms with van der Waals surface area (Å²) in [7, 11) is 0. The molecule has 0 aromatic carbocycles. The molecule has 0 aliphatic carbocycles. The van der Waals surface area contributed by atoms with E-state index in [2.05, 4.69) is 30.7 Å². The number of esters is 1. The van der Waals surface area contributed by atoms with Gasteiger partial charge >= 0.3 is 5.97 Å². The second-order valence-electron chi connectivity index (χ2n) is 3.92. The molecule has 0 unspecified atom stereocenters. The number of aromatic nitrogens is 1. The van der Waals surface area contributed by atoms with Crippen molar-refractivity contribution in [3.8, 4) is 0 Å². The minimum atomic E-state index is -0.129. The molecule has 0 radical (unpaired) electrons. The standard InChI is InChI=1S/C12H19NO2/c1-5-15-12(14)7-11(4)13-8-9(2)6-10(13)3/h6,8,11H,5,7H2,1-4H3/t11-/m0/s1. The van der Waals surface area contributed by atoms with Crippen LogP contribution in [0.15, 0.2) is 12.3 Å². The molecular formula is C12H19NO2. The fraction of sp³-hybridized carbons (Fsp3) is 0.583. The molecule has 0 spiro atoms. The second-order valence-corrected chi connectivity index (χ2v) is 3.92. The highest BCUT2D eigenvalue weighted by Crippen LogP contribution is 2.17. The molecule has 3 heteroatoms. The molecule has 0 amide bonds. The van der Waals surface area contributed by atoms with Crippen molar-refractivity contribution in [3.05, 3.63) is 23.5 Å². The minimum Gasteiger partial charge on any atom is -0.466 e. The molecule has 1 heterocycles. The lowest BCUT2D eigenvalue weighted by molar-refractivity contribution is -0.143. The molecule has 3 nitrogen and oxygen atoms in total. The normalized spacial score (nSPS) is 12.5. The van der Waals surface area contributed by atoms with Gasteiger partial charge in [-0.3, -0.25) is 4.79 Å². The number of nitrogens with zero attached hydrogens (tertiary/aromatic N) is 1. The van der Waals surface area contributed by atoms with Crippen LogP contribution in [0.2, 0.25) is 0 Å². The van der Waals surface area contributed by atoms with Gasteiger partial charge in [0.2, 0.25) is 0 Å². The molecule has 1 atom stereocenters. The molecular weight excluding hydrogens is 190 g/mol. The highest BCUT2D eigenvalue weighted by Gasteiger charge is 2.12. The summed E-state index contributed by atoms with van der Waals surface area (Å²) in [5.41, 5.74) is 2.41. The number of ether oxygens (including phenoxy) is 1. The Balaban J connectivity index is 2.64. The van der Waals surface area contributed by atoms with Crippen LogP contribution < -0.4 is 0 Å². The van der Waals surface area contributed by atoms with Gasteiger partial charge in [0.15, 0.2) is 0 Å². The molecule has 1 rings (SSSR count). The first-order valence-corrected chi connectivity index (χ1v) is 5.35. The zero-order chi connectivity index (χ0) is 11.4. The van der Waals surface area contributed by atoms with Gasteiger partial charge in [-0.25, -0.2) is 0 Å². The summed E-state index contributed by atoms with van der Waals surface area (Å²) in [5.74, 6) is -0.129. The molecule has 1 aromatic heterocycles. The predicted molar refractivity (Wildman–Crippen MR) is 59.9 cm³/mol. The first-order valence-electron chi connectivity index (χ1n) is 5.35. The van der Waals surface area contributed by atoms with Crippen molar-refractivity contribution in [2.24, 2.45) is 0 Å². The van der Waals surface area contributed by atoms with Gasteiger partial charge in [0.25, 0.3) is 0 Å². The maximum Gasteiger partial charge on any atom is 0.307 e. The molecule has 0 fully saturated rings. The van der Waals surface area contributed by atoms with Crippen molar-refractivity contribution in [2.45, 2.75) is 40.2 Å². The summed E-state index contributed by atoms with van der Waals surface area (Å²) in [5, 5.41) is 0. The van der Waals surface area contributed by atoms with Crippen LogP contribution in [-0.2, 0) is 9.53 Å². The molecule has 0 bridgehead atoms. The van der Waals surface area contributed by atoms with Crippen molar-refractivity contribution < 1.29 is 9.53 Å². The van der Waals surface area contributed by atoms with E-state index < -0.39 is 0 Å². The lowest BCUT2D eigenvalue weighted by Gasteiger charge is -2.14. The Labute approximate surface area is 91.0 Å². The Morgan fingerprint density at radius 1 is 1.53 bits per heavy atom. The first kappa shape index (κ1) is 11.8. The smallest absolute Gasteiger partial charge is 0.307 e. The number of hydrogen-bond donors (Lipinski definition) is 0. The van der Waals surface area contributed by atoms with E-state index in [-0.39, 0.29) is 12.0 Å². The van der Waals surface area contributed by atoms with Crippen molar-refractivity contribution in [1.29, 1.82) is 0 Å². The van der Waals surface area contributed by atoms with Crippen molar-refractivity contribution >= 4 is 5.97 Å². The predicted octanol–water partition coefficient (Wildman–Crippen LogP) is 2.62. The molecule has 0 N–H and O–H groups in total. The SMILES string of the molecule is CCOC(=O)C[C@H](C)n1cc(C)cc1C. The Bertz CT molecular complexity index is 341. The average Bonchev–Trinajstić information content (AvgIpc) is 2.45. The lowest BCUT2D eigenvalue weighted by Crippen LogP contribution is -2.13. The van der Waals surface area contributed by atoms with E-state index >= 15 is 0 Å². The number of hydrogen-bond acceptors (Lipinski definition) is 2. The molecule has 1 aromatic rings. The highest BCUT2D eigenvalue weighted by molar-refractivity contribution is 5.69. The molecule has 0 saturated carbocycles. The molecule has 15 heavy (non-hydrogen) atoms. The monoisotopic (exact) mass is 209 g/mol. The average molecular weight is 209 g/mol. The van der Waals surface area contributed by atoms with Gasteiger partial charge in [-0.2, -0.15) is 0 Å². The van der Waals surface area contributed by atoms with Gasteiger partial charge in [-0.05, 0) is 39.3 Å². The van der Waals surface area contributed by atoms with E-state index in [4.69, 9.17) is 4.74 Å². The molecule has 0 aliphatic heterocycles. The third kappa shape index (κ3) is 3.11. The topological polar surface area (TPSA) is 31.2 Å². The summed E-state index contributed by atoms with van der Waals surface area (Å²) in [6.45, 7) is 8.42. The van der Waals surface area contributed by atoms with E-state index in [0.29, 0.717) is 13.0 Å². The van der Waals surface area contributed by atoms with E-state index in [9.17, 15) is 4.79 Å². The summed E-state index contributed by atoms with van der Waals surface area (Å²) < 4.78 is 7.05. The maximum atomic E-state index is 11.3. The molecule has 84 valence electrons. The Morgan fingerprint density at radius 2 is 2.20 bits per heavy atom. The zero-order valence-electron chi connectivity index (χ0n) is 9.91. The zero-order valence-corrected chi connectivity index (χ0v) is 9.91. The molecule has 0 saturated heterocycles. The van der Waals surface area contributed by atoms with E-state index in [1.165, 1.54) is 11.3 Å². The molecule has 0 aliphatic rings. The van der Waals surface area contributed by atoms with Gasteiger partial charge in [-0.15, -0.1) is 0 Å². The van der Waals surface area contributed by atoms with Gasteiger partial charge in [-0.1, -0.05) is 0 Å². The van der Waals surface area contributed by atoms with Gasteiger partial charge in [0, 0.05) is 17.9 Å². The van der Waals surface area contributed by atoms with E-state index in [1.807, 2.05) is 13.8 Å². The fourth-order valence-electron chi connectivity index (χ4n) is 1.80. The van der Waals surface area contributed by atoms with Crippen LogP contribution in [0.3, 0.4) is 0 Å². The third-order valence-electron chi connectivity index (χ3n) is 2.43. The summed E-state index contributed by atoms with van der Waals surface area (Å²) in [6, 6.07) is 2.28.